The van der Waals surface area contributed by atoms with Gasteiger partial charge in [-0.1, -0.05) is 17.7 Å². The van der Waals surface area contributed by atoms with Gasteiger partial charge in [0.2, 0.25) is 5.78 Å². The number of Topliss-reactive ketones (excluding diaryl/α,β-unsaturated/α-hetero) is 1. The van der Waals surface area contributed by atoms with Crippen LogP contribution in [0.15, 0.2) is 18.2 Å². The molecule has 0 fully saturated rings. The summed E-state index contributed by atoms with van der Waals surface area (Å²) in [6.07, 6.45) is -0.140. The van der Waals surface area contributed by atoms with Crippen LogP contribution in [0, 0.1) is 5.82 Å². The Bertz CT molecular complexity index is 418. The molecule has 3 nitrogen and oxygen atoms in total. The maximum atomic E-state index is 12.8. The molecule has 0 aliphatic carbocycles. The molecule has 1 aromatic carbocycles. The smallest absolute Gasteiger partial charge is 0.374 e. The van der Waals surface area contributed by atoms with Crippen LogP contribution >= 0.6 is 11.6 Å². The Labute approximate surface area is 97.2 Å². The van der Waals surface area contributed by atoms with E-state index in [2.05, 4.69) is 4.74 Å². The van der Waals surface area contributed by atoms with E-state index >= 15 is 0 Å². The zero-order chi connectivity index (χ0) is 12.1. The highest BCUT2D eigenvalue weighted by atomic mass is 35.5. The summed E-state index contributed by atoms with van der Waals surface area (Å²) in [5, 5.41) is -0.0749. The molecule has 5 heteroatoms. The first-order valence-electron chi connectivity index (χ1n) is 4.68. The van der Waals surface area contributed by atoms with E-state index in [9.17, 15) is 14.0 Å². The maximum Gasteiger partial charge on any atom is 0.374 e. The molecule has 0 aliphatic rings. The van der Waals surface area contributed by atoms with E-state index < -0.39 is 17.6 Å². The molecule has 0 spiro atoms. The molecule has 0 aromatic heterocycles. The van der Waals surface area contributed by atoms with Crippen LogP contribution < -0.4 is 0 Å². The third-order valence-electron chi connectivity index (χ3n) is 1.85. The number of rotatable bonds is 4. The van der Waals surface area contributed by atoms with Crippen molar-refractivity contribution in [1.82, 2.24) is 0 Å². The fourth-order valence-corrected chi connectivity index (χ4v) is 1.32. The zero-order valence-electron chi connectivity index (χ0n) is 8.63. The number of esters is 1. The van der Waals surface area contributed by atoms with Gasteiger partial charge in [0.05, 0.1) is 11.6 Å². The van der Waals surface area contributed by atoms with Gasteiger partial charge in [-0.05, 0) is 24.6 Å². The van der Waals surface area contributed by atoms with Crippen LogP contribution in [0.1, 0.15) is 12.5 Å². The van der Waals surface area contributed by atoms with Crippen molar-refractivity contribution in [3.8, 4) is 0 Å². The van der Waals surface area contributed by atoms with E-state index in [1.54, 1.807) is 6.92 Å². The fourth-order valence-electron chi connectivity index (χ4n) is 1.12. The summed E-state index contributed by atoms with van der Waals surface area (Å²) in [6.45, 7) is 1.76. The molecule has 0 saturated carbocycles. The minimum Gasteiger partial charge on any atom is -0.460 e. The van der Waals surface area contributed by atoms with Gasteiger partial charge in [0.1, 0.15) is 5.82 Å². The quantitative estimate of drug-likeness (QED) is 0.602. The lowest BCUT2D eigenvalue weighted by molar-refractivity contribution is -0.153. The first kappa shape index (κ1) is 12.6. The third-order valence-corrected chi connectivity index (χ3v) is 2.14. The van der Waals surface area contributed by atoms with Gasteiger partial charge in [-0.3, -0.25) is 4.79 Å². The first-order valence-corrected chi connectivity index (χ1v) is 5.06. The van der Waals surface area contributed by atoms with Crippen molar-refractivity contribution in [3.05, 3.63) is 34.6 Å². The van der Waals surface area contributed by atoms with Gasteiger partial charge < -0.3 is 4.74 Å². The minimum absolute atomic E-state index is 0.0749. The highest BCUT2D eigenvalue weighted by Gasteiger charge is 2.15. The molecular formula is C11H10ClFO3. The summed E-state index contributed by atoms with van der Waals surface area (Å²) in [5.41, 5.74) is 0.476. The van der Waals surface area contributed by atoms with Crippen molar-refractivity contribution < 1.29 is 18.7 Å². The Kier molecular flexibility index (Phi) is 4.43. The average molecular weight is 245 g/mol. The molecule has 0 N–H and O–H groups in total. The molecule has 0 amide bonds. The number of hydrogen-bond acceptors (Lipinski definition) is 3. The Hall–Kier alpha value is -1.42. The highest BCUT2D eigenvalue weighted by Crippen LogP contribution is 2.16. The average Bonchev–Trinajstić information content (AvgIpc) is 2.24. The molecule has 0 aliphatic heterocycles. The summed E-state index contributed by atoms with van der Waals surface area (Å²) in [5.74, 6) is -2.12. The molecule has 0 heterocycles. The van der Waals surface area contributed by atoms with Crippen molar-refractivity contribution in [3.63, 3.8) is 0 Å². The molecule has 0 bridgehead atoms. The van der Waals surface area contributed by atoms with Gasteiger partial charge in [0.25, 0.3) is 0 Å². The van der Waals surface area contributed by atoms with Gasteiger partial charge in [-0.15, -0.1) is 0 Å². The van der Waals surface area contributed by atoms with Gasteiger partial charge in [0.15, 0.2) is 0 Å². The predicted octanol–water partition coefficient (Wildman–Crippen LogP) is 2.15. The van der Waals surface area contributed by atoms with Gasteiger partial charge >= 0.3 is 5.97 Å². The van der Waals surface area contributed by atoms with E-state index in [4.69, 9.17) is 11.6 Å². The molecule has 1 aromatic rings. The normalized spacial score (nSPS) is 9.94. The summed E-state index contributed by atoms with van der Waals surface area (Å²) in [4.78, 5) is 22.3. The lowest BCUT2D eigenvalue weighted by Gasteiger charge is -2.02. The number of carbonyl (C=O) groups excluding carboxylic acids is 2. The Morgan fingerprint density at radius 2 is 2.12 bits per heavy atom. The molecule has 0 radical (unpaired) electrons. The highest BCUT2D eigenvalue weighted by molar-refractivity contribution is 6.34. The van der Waals surface area contributed by atoms with Gasteiger partial charge in [-0.25, -0.2) is 9.18 Å². The van der Waals surface area contributed by atoms with Crippen LogP contribution in [-0.4, -0.2) is 18.4 Å². The lowest BCUT2D eigenvalue weighted by Crippen LogP contribution is -2.19. The summed E-state index contributed by atoms with van der Waals surface area (Å²) in [6, 6.07) is 3.86. The van der Waals surface area contributed by atoms with Crippen LogP contribution in [0.2, 0.25) is 5.02 Å². The molecule has 0 unspecified atom stereocenters. The number of hydrogen-bond donors (Lipinski definition) is 0. The van der Waals surface area contributed by atoms with E-state index in [1.165, 1.54) is 12.1 Å². The number of halogens is 2. The SMILES string of the molecule is CCOC(=O)C(=O)Cc1ccc(F)c(Cl)c1. The van der Waals surface area contributed by atoms with E-state index in [0.717, 1.165) is 6.07 Å². The minimum atomic E-state index is -0.886. The maximum absolute atomic E-state index is 12.8. The van der Waals surface area contributed by atoms with Gasteiger partial charge in [-0.2, -0.15) is 0 Å². The number of carbonyl (C=O) groups is 2. The monoisotopic (exact) mass is 244 g/mol. The molecule has 86 valence electrons. The summed E-state index contributed by atoms with van der Waals surface area (Å²) in [7, 11) is 0. The van der Waals surface area contributed by atoms with Crippen molar-refractivity contribution in [2.45, 2.75) is 13.3 Å². The van der Waals surface area contributed by atoms with E-state index in [1.807, 2.05) is 0 Å². The van der Waals surface area contributed by atoms with Gasteiger partial charge in [0, 0.05) is 6.42 Å². The summed E-state index contributed by atoms with van der Waals surface area (Å²) < 4.78 is 17.3. The van der Waals surface area contributed by atoms with Crippen LogP contribution in [0.25, 0.3) is 0 Å². The molecule has 16 heavy (non-hydrogen) atoms. The molecule has 1 rings (SSSR count). The van der Waals surface area contributed by atoms with Crippen molar-refractivity contribution in [2.24, 2.45) is 0 Å². The van der Waals surface area contributed by atoms with Crippen molar-refractivity contribution >= 4 is 23.4 Å². The lowest BCUT2D eigenvalue weighted by atomic mass is 10.1. The van der Waals surface area contributed by atoms with Crippen LogP contribution in [0.5, 0.6) is 0 Å². The zero-order valence-corrected chi connectivity index (χ0v) is 9.38. The summed E-state index contributed by atoms with van der Waals surface area (Å²) >= 11 is 5.54. The second-order valence-electron chi connectivity index (χ2n) is 3.07. The Balaban J connectivity index is 2.70. The molecule has 0 saturated heterocycles. The molecular weight excluding hydrogens is 235 g/mol. The Morgan fingerprint density at radius 3 is 2.69 bits per heavy atom. The van der Waals surface area contributed by atoms with Crippen LogP contribution in [-0.2, 0) is 20.7 Å². The van der Waals surface area contributed by atoms with Crippen molar-refractivity contribution in [2.75, 3.05) is 6.61 Å². The molecule has 0 atom stereocenters. The van der Waals surface area contributed by atoms with Crippen molar-refractivity contribution in [1.29, 1.82) is 0 Å². The van der Waals surface area contributed by atoms with Crippen LogP contribution in [0.4, 0.5) is 4.39 Å². The fraction of sp³-hybridized carbons (Fsp3) is 0.273. The third kappa shape index (κ3) is 3.31. The van der Waals surface area contributed by atoms with E-state index in [0.29, 0.717) is 5.56 Å². The predicted molar refractivity (Wildman–Crippen MR) is 56.8 cm³/mol. The van der Waals surface area contributed by atoms with Crippen LogP contribution in [0.3, 0.4) is 0 Å². The Morgan fingerprint density at radius 1 is 1.44 bits per heavy atom. The number of ether oxygens (including phenoxy) is 1. The standard InChI is InChI=1S/C11H10ClFO3/c1-2-16-11(15)10(14)6-7-3-4-9(13)8(12)5-7/h3-5H,2,6H2,1H3. The largest absolute Gasteiger partial charge is 0.460 e. The second kappa shape index (κ2) is 5.61. The number of ketones is 1. The number of benzene rings is 1. The van der Waals surface area contributed by atoms with E-state index in [-0.39, 0.29) is 18.1 Å². The topological polar surface area (TPSA) is 43.4 Å². The second-order valence-corrected chi connectivity index (χ2v) is 3.48. The first-order chi connectivity index (χ1) is 7.54.